The molecule has 0 radical (unpaired) electrons. The molecule has 0 bridgehead atoms. The molecule has 3 aromatic rings. The maximum Gasteiger partial charge on any atom is 0.337 e. The molecule has 0 saturated heterocycles. The number of nitrogens with zero attached hydrogens (tertiary/aromatic N) is 3. The topological polar surface area (TPSA) is 81.5 Å². The van der Waals surface area contributed by atoms with Gasteiger partial charge in [0.15, 0.2) is 5.82 Å². The second kappa shape index (κ2) is 7.75. The van der Waals surface area contributed by atoms with Crippen LogP contribution in [0.5, 0.6) is 5.75 Å². The number of nitrogens with one attached hydrogen (secondary N) is 1. The van der Waals surface area contributed by atoms with Crippen molar-refractivity contribution in [2.45, 2.75) is 0 Å². The van der Waals surface area contributed by atoms with Crippen LogP contribution in [0.1, 0.15) is 15.9 Å². The van der Waals surface area contributed by atoms with Gasteiger partial charge in [0, 0.05) is 0 Å². The molecule has 0 spiro atoms. The number of hydrogen-bond donors (Lipinski definition) is 1. The number of H-pyrrole nitrogens is 1. The molecule has 1 N–H and O–H groups in total. The largest absolute Gasteiger partial charge is 0.496 e. The number of para-hydroxylation sites is 1. The van der Waals surface area contributed by atoms with Gasteiger partial charge in [-0.25, -0.2) is 9.89 Å². The standard InChI is InChI=1S/C18H16N4O3S/c1-24-15-6-4-3-5-14(15)16-20-21-18(26)22(16)19-11-12-7-9-13(10-8-12)17(23)25-2/h3-11H,1-2H3,(H,21,26)/b19-11-. The van der Waals surface area contributed by atoms with Crippen LogP contribution >= 0.6 is 12.2 Å². The first kappa shape index (κ1) is 17.6. The zero-order valence-electron chi connectivity index (χ0n) is 14.2. The molecule has 8 heteroatoms. The summed E-state index contributed by atoms with van der Waals surface area (Å²) in [4.78, 5) is 11.5. The van der Waals surface area contributed by atoms with E-state index in [1.54, 1.807) is 37.6 Å². The first-order chi connectivity index (χ1) is 12.6. The van der Waals surface area contributed by atoms with Crippen molar-refractivity contribution in [1.82, 2.24) is 14.9 Å². The molecule has 0 saturated carbocycles. The van der Waals surface area contributed by atoms with Crippen molar-refractivity contribution in [2.75, 3.05) is 14.2 Å². The summed E-state index contributed by atoms with van der Waals surface area (Å²) in [5, 5.41) is 11.4. The number of ether oxygens (including phenoxy) is 2. The predicted molar refractivity (Wildman–Crippen MR) is 100 cm³/mol. The Hall–Kier alpha value is -3.26. The lowest BCUT2D eigenvalue weighted by molar-refractivity contribution is 0.0600. The molecule has 3 rings (SSSR count). The molecule has 0 unspecified atom stereocenters. The van der Waals surface area contributed by atoms with E-state index in [1.807, 2.05) is 24.3 Å². The summed E-state index contributed by atoms with van der Waals surface area (Å²) in [5.74, 6) is 0.819. The van der Waals surface area contributed by atoms with Crippen LogP contribution in [0.2, 0.25) is 0 Å². The third-order valence-corrected chi connectivity index (χ3v) is 3.92. The summed E-state index contributed by atoms with van der Waals surface area (Å²) in [6, 6.07) is 14.3. The summed E-state index contributed by atoms with van der Waals surface area (Å²) < 4.78 is 11.9. The molecule has 0 aliphatic heterocycles. The van der Waals surface area contributed by atoms with Crippen LogP contribution in [0.3, 0.4) is 0 Å². The molecule has 0 aliphatic carbocycles. The lowest BCUT2D eigenvalue weighted by atomic mass is 10.1. The maximum atomic E-state index is 11.5. The Morgan fingerprint density at radius 2 is 1.92 bits per heavy atom. The lowest BCUT2D eigenvalue weighted by Gasteiger charge is -2.06. The number of methoxy groups -OCH3 is 2. The van der Waals surface area contributed by atoms with E-state index in [0.717, 1.165) is 11.1 Å². The Balaban J connectivity index is 1.94. The van der Waals surface area contributed by atoms with Crippen LogP contribution in [0.4, 0.5) is 0 Å². The third-order valence-electron chi connectivity index (χ3n) is 3.65. The molecule has 26 heavy (non-hydrogen) atoms. The van der Waals surface area contributed by atoms with Gasteiger partial charge in [0.2, 0.25) is 4.77 Å². The highest BCUT2D eigenvalue weighted by molar-refractivity contribution is 7.71. The lowest BCUT2D eigenvalue weighted by Crippen LogP contribution is -2.01. The zero-order chi connectivity index (χ0) is 18.5. The van der Waals surface area contributed by atoms with Crippen molar-refractivity contribution in [3.63, 3.8) is 0 Å². The van der Waals surface area contributed by atoms with E-state index < -0.39 is 0 Å². The number of benzene rings is 2. The highest BCUT2D eigenvalue weighted by atomic mass is 32.1. The number of aromatic amines is 1. The van der Waals surface area contributed by atoms with Crippen molar-refractivity contribution in [3.05, 3.63) is 64.4 Å². The van der Waals surface area contributed by atoms with E-state index in [9.17, 15) is 4.79 Å². The van der Waals surface area contributed by atoms with E-state index in [1.165, 1.54) is 11.8 Å². The number of esters is 1. The normalized spacial score (nSPS) is 10.8. The monoisotopic (exact) mass is 368 g/mol. The molecular weight excluding hydrogens is 352 g/mol. The van der Waals surface area contributed by atoms with Gasteiger partial charge in [0.25, 0.3) is 0 Å². The minimum absolute atomic E-state index is 0.355. The summed E-state index contributed by atoms with van der Waals surface area (Å²) in [5.41, 5.74) is 2.03. The molecule has 1 aromatic heterocycles. The quantitative estimate of drug-likeness (QED) is 0.425. The van der Waals surface area contributed by atoms with Crippen LogP contribution in [0.25, 0.3) is 11.4 Å². The van der Waals surface area contributed by atoms with Crippen molar-refractivity contribution in [2.24, 2.45) is 5.10 Å². The van der Waals surface area contributed by atoms with Crippen molar-refractivity contribution in [3.8, 4) is 17.1 Å². The highest BCUT2D eigenvalue weighted by Gasteiger charge is 2.12. The molecule has 132 valence electrons. The average Bonchev–Trinajstić information content (AvgIpc) is 3.06. The third kappa shape index (κ3) is 3.55. The van der Waals surface area contributed by atoms with Gasteiger partial charge in [-0.1, -0.05) is 24.3 Å². The summed E-state index contributed by atoms with van der Waals surface area (Å²) >= 11 is 5.27. The molecule has 0 fully saturated rings. The van der Waals surface area contributed by atoms with Crippen LogP contribution in [0.15, 0.2) is 53.6 Å². The fourth-order valence-electron chi connectivity index (χ4n) is 2.35. The van der Waals surface area contributed by atoms with Crippen LogP contribution in [-0.2, 0) is 4.74 Å². The molecule has 0 amide bonds. The van der Waals surface area contributed by atoms with E-state index in [-0.39, 0.29) is 5.97 Å². The number of rotatable bonds is 5. The zero-order valence-corrected chi connectivity index (χ0v) is 15.0. The van der Waals surface area contributed by atoms with E-state index in [4.69, 9.17) is 17.0 Å². The van der Waals surface area contributed by atoms with Gasteiger partial charge < -0.3 is 9.47 Å². The van der Waals surface area contributed by atoms with Gasteiger partial charge in [-0.15, -0.1) is 0 Å². The number of aromatic nitrogens is 3. The highest BCUT2D eigenvalue weighted by Crippen LogP contribution is 2.28. The van der Waals surface area contributed by atoms with Crippen molar-refractivity contribution >= 4 is 24.4 Å². The van der Waals surface area contributed by atoms with E-state index >= 15 is 0 Å². The van der Waals surface area contributed by atoms with Gasteiger partial charge in [0.1, 0.15) is 5.75 Å². The van der Waals surface area contributed by atoms with Crippen molar-refractivity contribution < 1.29 is 14.3 Å². The second-order valence-corrected chi connectivity index (χ2v) is 5.61. The molecule has 7 nitrogen and oxygen atoms in total. The fourth-order valence-corrected chi connectivity index (χ4v) is 2.53. The SMILES string of the molecule is COC(=O)c1ccc(/C=N\n2c(-c3ccccc3OC)n[nH]c2=S)cc1. The van der Waals surface area contributed by atoms with E-state index in [2.05, 4.69) is 20.0 Å². The van der Waals surface area contributed by atoms with Gasteiger partial charge in [-0.2, -0.15) is 14.9 Å². The summed E-state index contributed by atoms with van der Waals surface area (Å²) in [6.45, 7) is 0. The first-order valence-electron chi connectivity index (χ1n) is 7.67. The van der Waals surface area contributed by atoms with Gasteiger partial charge >= 0.3 is 5.97 Å². The van der Waals surface area contributed by atoms with Gasteiger partial charge in [-0.05, 0) is 42.0 Å². The smallest absolute Gasteiger partial charge is 0.337 e. The molecule has 0 atom stereocenters. The minimum atomic E-state index is -0.385. The molecule has 2 aromatic carbocycles. The molecular formula is C18H16N4O3S. The molecule has 0 aliphatic rings. The second-order valence-electron chi connectivity index (χ2n) is 5.22. The van der Waals surface area contributed by atoms with Gasteiger partial charge in [-0.3, -0.25) is 0 Å². The fraction of sp³-hybridized carbons (Fsp3) is 0.111. The Labute approximate surface area is 154 Å². The molecule has 1 heterocycles. The Bertz CT molecular complexity index is 1010. The maximum absolute atomic E-state index is 11.5. The Morgan fingerprint density at radius 3 is 2.62 bits per heavy atom. The Morgan fingerprint density at radius 1 is 1.19 bits per heavy atom. The minimum Gasteiger partial charge on any atom is -0.496 e. The summed E-state index contributed by atoms with van der Waals surface area (Å²) in [7, 11) is 2.94. The van der Waals surface area contributed by atoms with Crippen LogP contribution in [-0.4, -0.2) is 41.3 Å². The average molecular weight is 368 g/mol. The number of hydrogen-bond acceptors (Lipinski definition) is 6. The number of carbonyl (C=O) groups excluding carboxylic acids is 1. The first-order valence-corrected chi connectivity index (χ1v) is 8.08. The van der Waals surface area contributed by atoms with Crippen molar-refractivity contribution in [1.29, 1.82) is 0 Å². The Kier molecular flexibility index (Phi) is 5.23. The van der Waals surface area contributed by atoms with E-state index in [0.29, 0.717) is 21.9 Å². The number of carbonyl (C=O) groups is 1. The van der Waals surface area contributed by atoms with Crippen LogP contribution < -0.4 is 4.74 Å². The van der Waals surface area contributed by atoms with Crippen LogP contribution in [0, 0.1) is 4.77 Å². The van der Waals surface area contributed by atoms with Gasteiger partial charge in [0.05, 0.1) is 31.6 Å². The predicted octanol–water partition coefficient (Wildman–Crippen LogP) is 3.29. The summed E-state index contributed by atoms with van der Waals surface area (Å²) in [6.07, 6.45) is 1.63.